The number of rotatable bonds is 8. The van der Waals surface area contributed by atoms with E-state index in [1.54, 1.807) is 13.3 Å². The lowest BCUT2D eigenvalue weighted by Gasteiger charge is -2.19. The molecule has 5 nitrogen and oxygen atoms in total. The van der Waals surface area contributed by atoms with Gasteiger partial charge in [0.05, 0.1) is 35.6 Å². The summed E-state index contributed by atoms with van der Waals surface area (Å²) in [6, 6.07) is 0.0751. The first-order valence-electron chi connectivity index (χ1n) is 5.88. The van der Waals surface area contributed by atoms with Crippen molar-refractivity contribution in [2.75, 3.05) is 19.5 Å². The zero-order chi connectivity index (χ0) is 13.5. The molecule has 7 heteroatoms. The van der Waals surface area contributed by atoms with E-state index in [1.165, 1.54) is 0 Å². The second-order valence-corrected chi connectivity index (χ2v) is 6.66. The van der Waals surface area contributed by atoms with Gasteiger partial charge in [0.15, 0.2) is 0 Å². The quantitative estimate of drug-likeness (QED) is 0.561. The molecular weight excluding hydrogens is 316 g/mol. The summed E-state index contributed by atoms with van der Waals surface area (Å²) in [4.78, 5) is 0. The van der Waals surface area contributed by atoms with Crippen molar-refractivity contribution < 1.29 is 4.74 Å². The fourth-order valence-corrected chi connectivity index (χ4v) is 2.97. The van der Waals surface area contributed by atoms with Crippen LogP contribution in [0.3, 0.4) is 0 Å². The molecule has 18 heavy (non-hydrogen) atoms. The SMILES string of the molecule is COCCn1ncc(Br)c1C(CSC(C)C)NN. The fourth-order valence-electron chi connectivity index (χ4n) is 1.57. The molecule has 1 heterocycles. The van der Waals surface area contributed by atoms with E-state index in [0.717, 1.165) is 22.5 Å². The largest absolute Gasteiger partial charge is 0.383 e. The van der Waals surface area contributed by atoms with E-state index in [2.05, 4.69) is 40.3 Å². The van der Waals surface area contributed by atoms with E-state index in [1.807, 2.05) is 16.4 Å². The Labute approximate surface area is 121 Å². The number of hydrazine groups is 1. The Morgan fingerprint density at radius 3 is 2.89 bits per heavy atom. The molecule has 0 saturated heterocycles. The zero-order valence-corrected chi connectivity index (χ0v) is 13.4. The molecule has 0 aliphatic rings. The van der Waals surface area contributed by atoms with Crippen molar-refractivity contribution in [1.29, 1.82) is 0 Å². The van der Waals surface area contributed by atoms with Crippen LogP contribution in [0.2, 0.25) is 0 Å². The lowest BCUT2D eigenvalue weighted by Crippen LogP contribution is -2.32. The molecule has 1 unspecified atom stereocenters. The van der Waals surface area contributed by atoms with Crippen LogP contribution in [0.25, 0.3) is 0 Å². The molecule has 0 saturated carbocycles. The predicted molar refractivity (Wildman–Crippen MR) is 79.5 cm³/mol. The third-order valence-electron chi connectivity index (χ3n) is 2.47. The summed E-state index contributed by atoms with van der Waals surface area (Å²) >= 11 is 5.40. The van der Waals surface area contributed by atoms with E-state index in [9.17, 15) is 0 Å². The monoisotopic (exact) mass is 336 g/mol. The molecule has 0 fully saturated rings. The maximum absolute atomic E-state index is 5.66. The molecule has 0 spiro atoms. The van der Waals surface area contributed by atoms with Gasteiger partial charge in [0.1, 0.15) is 0 Å². The van der Waals surface area contributed by atoms with Gasteiger partial charge >= 0.3 is 0 Å². The summed E-state index contributed by atoms with van der Waals surface area (Å²) in [6.45, 7) is 5.71. The summed E-state index contributed by atoms with van der Waals surface area (Å²) < 4.78 is 8.00. The number of ether oxygens (including phenoxy) is 1. The molecule has 0 amide bonds. The topological polar surface area (TPSA) is 65.1 Å². The van der Waals surface area contributed by atoms with Gasteiger partial charge in [0.2, 0.25) is 0 Å². The number of nitrogens with zero attached hydrogens (tertiary/aromatic N) is 2. The van der Waals surface area contributed by atoms with Crippen molar-refractivity contribution in [3.63, 3.8) is 0 Å². The van der Waals surface area contributed by atoms with E-state index >= 15 is 0 Å². The number of hydrogen-bond donors (Lipinski definition) is 2. The van der Waals surface area contributed by atoms with Gasteiger partial charge in [-0.2, -0.15) is 16.9 Å². The van der Waals surface area contributed by atoms with Crippen molar-refractivity contribution >= 4 is 27.7 Å². The molecule has 1 aromatic rings. The van der Waals surface area contributed by atoms with Gasteiger partial charge in [-0.3, -0.25) is 16.0 Å². The molecule has 0 bridgehead atoms. The Morgan fingerprint density at radius 1 is 1.61 bits per heavy atom. The van der Waals surface area contributed by atoms with Crippen LogP contribution < -0.4 is 11.3 Å². The second kappa shape index (κ2) is 8.16. The maximum Gasteiger partial charge on any atom is 0.0730 e. The van der Waals surface area contributed by atoms with Crippen LogP contribution in [-0.2, 0) is 11.3 Å². The summed E-state index contributed by atoms with van der Waals surface area (Å²) in [5.74, 6) is 6.57. The molecular formula is C11H21BrN4OS. The number of nitrogens with two attached hydrogens (primary N) is 1. The van der Waals surface area contributed by atoms with Gasteiger partial charge in [-0.25, -0.2) is 0 Å². The molecule has 0 aromatic carbocycles. The minimum Gasteiger partial charge on any atom is -0.383 e. The summed E-state index contributed by atoms with van der Waals surface area (Å²) in [5.41, 5.74) is 3.94. The second-order valence-electron chi connectivity index (χ2n) is 4.20. The number of hydrogen-bond acceptors (Lipinski definition) is 5. The van der Waals surface area contributed by atoms with Gasteiger partial charge < -0.3 is 4.74 Å². The van der Waals surface area contributed by atoms with E-state index in [0.29, 0.717) is 11.9 Å². The van der Waals surface area contributed by atoms with Crippen LogP contribution in [-0.4, -0.2) is 34.5 Å². The Bertz CT molecular complexity index is 359. The normalized spacial score (nSPS) is 13.2. The molecule has 1 rings (SSSR count). The van der Waals surface area contributed by atoms with Gasteiger partial charge in [0, 0.05) is 12.9 Å². The summed E-state index contributed by atoms with van der Waals surface area (Å²) in [5, 5.41) is 4.91. The minimum atomic E-state index is 0.0751. The number of nitrogens with one attached hydrogen (secondary N) is 1. The van der Waals surface area contributed by atoms with Crippen LogP contribution in [0.5, 0.6) is 0 Å². The molecule has 104 valence electrons. The molecule has 1 atom stereocenters. The highest BCUT2D eigenvalue weighted by Gasteiger charge is 2.19. The lowest BCUT2D eigenvalue weighted by atomic mass is 10.2. The summed E-state index contributed by atoms with van der Waals surface area (Å²) in [6.07, 6.45) is 1.80. The smallest absolute Gasteiger partial charge is 0.0730 e. The van der Waals surface area contributed by atoms with Crippen LogP contribution in [0, 0.1) is 0 Å². The molecule has 0 radical (unpaired) electrons. The van der Waals surface area contributed by atoms with Crippen molar-refractivity contribution in [1.82, 2.24) is 15.2 Å². The van der Waals surface area contributed by atoms with Gasteiger partial charge in [-0.1, -0.05) is 13.8 Å². The molecule has 0 aliphatic carbocycles. The van der Waals surface area contributed by atoms with Crippen LogP contribution in [0.1, 0.15) is 25.6 Å². The van der Waals surface area contributed by atoms with Gasteiger partial charge in [-0.05, 0) is 21.2 Å². The van der Waals surface area contributed by atoms with E-state index in [-0.39, 0.29) is 6.04 Å². The van der Waals surface area contributed by atoms with Crippen LogP contribution in [0.15, 0.2) is 10.7 Å². The van der Waals surface area contributed by atoms with E-state index in [4.69, 9.17) is 10.6 Å². The number of halogens is 1. The Hall–Kier alpha value is -0.0800. The Morgan fingerprint density at radius 2 is 2.33 bits per heavy atom. The number of aromatic nitrogens is 2. The highest BCUT2D eigenvalue weighted by molar-refractivity contribution is 9.10. The highest BCUT2D eigenvalue weighted by Crippen LogP contribution is 2.26. The third kappa shape index (κ3) is 4.55. The first-order valence-corrected chi connectivity index (χ1v) is 7.72. The number of thioether (sulfide) groups is 1. The highest BCUT2D eigenvalue weighted by atomic mass is 79.9. The predicted octanol–water partition coefficient (Wildman–Crippen LogP) is 1.94. The average Bonchev–Trinajstić information content (AvgIpc) is 2.69. The van der Waals surface area contributed by atoms with E-state index < -0.39 is 0 Å². The lowest BCUT2D eigenvalue weighted by molar-refractivity contribution is 0.181. The molecule has 3 N–H and O–H groups in total. The standard InChI is InChI=1S/C11H21BrN4OS/c1-8(2)18-7-10(15-13)11-9(12)6-14-16(11)4-5-17-3/h6,8,10,15H,4-5,7,13H2,1-3H3. The first-order chi connectivity index (χ1) is 8.60. The van der Waals surface area contributed by atoms with Crippen molar-refractivity contribution in [3.8, 4) is 0 Å². The van der Waals surface area contributed by atoms with Gasteiger partial charge in [-0.15, -0.1) is 0 Å². The molecule has 0 aliphatic heterocycles. The van der Waals surface area contributed by atoms with Crippen LogP contribution >= 0.6 is 27.7 Å². The maximum atomic E-state index is 5.66. The minimum absolute atomic E-state index is 0.0751. The van der Waals surface area contributed by atoms with Crippen LogP contribution in [0.4, 0.5) is 0 Å². The first kappa shape index (κ1) is 16.0. The zero-order valence-electron chi connectivity index (χ0n) is 11.0. The summed E-state index contributed by atoms with van der Waals surface area (Å²) in [7, 11) is 1.69. The molecule has 1 aromatic heterocycles. The fraction of sp³-hybridized carbons (Fsp3) is 0.727. The van der Waals surface area contributed by atoms with Gasteiger partial charge in [0.25, 0.3) is 0 Å². The Kier molecular flexibility index (Phi) is 7.25. The van der Waals surface area contributed by atoms with Crippen molar-refractivity contribution in [3.05, 3.63) is 16.4 Å². The third-order valence-corrected chi connectivity index (χ3v) is 4.27. The Balaban J connectivity index is 2.79. The van der Waals surface area contributed by atoms with Crippen molar-refractivity contribution in [2.45, 2.75) is 31.7 Å². The average molecular weight is 337 g/mol. The van der Waals surface area contributed by atoms with Crippen molar-refractivity contribution in [2.24, 2.45) is 5.84 Å². The number of methoxy groups -OCH3 is 1.